The molecule has 0 amide bonds. The highest BCUT2D eigenvalue weighted by Crippen LogP contribution is 2.40. The topological polar surface area (TPSA) is 12.0 Å². The second-order valence-electron chi connectivity index (χ2n) is 4.20. The van der Waals surface area contributed by atoms with Crippen molar-refractivity contribution in [2.75, 3.05) is 6.54 Å². The Labute approximate surface area is 69.6 Å². The maximum absolute atomic E-state index is 3.65. The lowest BCUT2D eigenvalue weighted by atomic mass is 9.93. The molecule has 0 aromatic rings. The molecule has 2 rings (SSSR count). The maximum atomic E-state index is 3.65. The largest absolute Gasteiger partial charge is 0.314 e. The Morgan fingerprint density at radius 1 is 1.27 bits per heavy atom. The van der Waals surface area contributed by atoms with E-state index in [9.17, 15) is 0 Å². The SMILES string of the molecule is CC[C@@H]1C[C@H]1CNC1CCC1. The molecule has 0 aliphatic heterocycles. The molecule has 0 radical (unpaired) electrons. The minimum atomic E-state index is 0.896. The van der Waals surface area contributed by atoms with Crippen molar-refractivity contribution in [1.82, 2.24) is 5.32 Å². The van der Waals surface area contributed by atoms with Gasteiger partial charge in [-0.1, -0.05) is 19.8 Å². The van der Waals surface area contributed by atoms with Crippen molar-refractivity contribution in [1.29, 1.82) is 0 Å². The Balaban J connectivity index is 1.54. The van der Waals surface area contributed by atoms with Crippen molar-refractivity contribution in [2.24, 2.45) is 11.8 Å². The van der Waals surface area contributed by atoms with E-state index in [1.807, 2.05) is 0 Å². The molecule has 1 N–H and O–H groups in total. The molecule has 0 heterocycles. The van der Waals surface area contributed by atoms with E-state index >= 15 is 0 Å². The molecule has 0 saturated heterocycles. The Kier molecular flexibility index (Phi) is 2.17. The number of hydrogen-bond donors (Lipinski definition) is 1. The van der Waals surface area contributed by atoms with Crippen molar-refractivity contribution in [3.8, 4) is 0 Å². The minimum absolute atomic E-state index is 0.896. The van der Waals surface area contributed by atoms with Gasteiger partial charge in [-0.05, 0) is 37.6 Å². The smallest absolute Gasteiger partial charge is 0.00672 e. The number of hydrogen-bond acceptors (Lipinski definition) is 1. The molecule has 2 aliphatic carbocycles. The lowest BCUT2D eigenvalue weighted by Gasteiger charge is -2.26. The van der Waals surface area contributed by atoms with Gasteiger partial charge < -0.3 is 5.32 Å². The van der Waals surface area contributed by atoms with Crippen LogP contribution in [-0.2, 0) is 0 Å². The molecule has 64 valence electrons. The van der Waals surface area contributed by atoms with Gasteiger partial charge in [-0.3, -0.25) is 0 Å². The van der Waals surface area contributed by atoms with Gasteiger partial charge in [0.1, 0.15) is 0 Å². The molecule has 0 unspecified atom stereocenters. The van der Waals surface area contributed by atoms with Crippen LogP contribution >= 0.6 is 0 Å². The van der Waals surface area contributed by atoms with E-state index in [1.165, 1.54) is 38.6 Å². The van der Waals surface area contributed by atoms with Gasteiger partial charge in [0, 0.05) is 6.04 Å². The van der Waals surface area contributed by atoms with Crippen LogP contribution in [0.15, 0.2) is 0 Å². The zero-order valence-corrected chi connectivity index (χ0v) is 7.47. The van der Waals surface area contributed by atoms with E-state index in [2.05, 4.69) is 12.2 Å². The zero-order chi connectivity index (χ0) is 7.68. The fourth-order valence-corrected chi connectivity index (χ4v) is 1.99. The first-order chi connectivity index (χ1) is 5.40. The summed E-state index contributed by atoms with van der Waals surface area (Å²) in [6, 6.07) is 0.896. The first kappa shape index (κ1) is 7.60. The molecule has 2 fully saturated rings. The molecule has 0 bridgehead atoms. The van der Waals surface area contributed by atoms with E-state index < -0.39 is 0 Å². The predicted octanol–water partition coefficient (Wildman–Crippen LogP) is 2.17. The second kappa shape index (κ2) is 3.14. The quantitative estimate of drug-likeness (QED) is 0.652. The molecular formula is C10H19N. The molecule has 11 heavy (non-hydrogen) atoms. The van der Waals surface area contributed by atoms with Gasteiger partial charge in [-0.15, -0.1) is 0 Å². The Hall–Kier alpha value is -0.0400. The van der Waals surface area contributed by atoms with E-state index in [1.54, 1.807) is 0 Å². The van der Waals surface area contributed by atoms with Crippen LogP contribution in [0.3, 0.4) is 0 Å². The Bertz CT molecular complexity index is 129. The average Bonchev–Trinajstić information content (AvgIpc) is 2.64. The van der Waals surface area contributed by atoms with Crippen LogP contribution in [0.1, 0.15) is 39.0 Å². The fourth-order valence-electron chi connectivity index (χ4n) is 1.99. The molecule has 1 nitrogen and oxygen atoms in total. The third-order valence-corrected chi connectivity index (χ3v) is 3.37. The van der Waals surface area contributed by atoms with Crippen LogP contribution < -0.4 is 5.32 Å². The van der Waals surface area contributed by atoms with Crippen molar-refractivity contribution < 1.29 is 0 Å². The Morgan fingerprint density at radius 3 is 2.55 bits per heavy atom. The van der Waals surface area contributed by atoms with Gasteiger partial charge in [-0.25, -0.2) is 0 Å². The van der Waals surface area contributed by atoms with Gasteiger partial charge in [0.15, 0.2) is 0 Å². The molecule has 2 saturated carbocycles. The van der Waals surface area contributed by atoms with Crippen LogP contribution in [0.25, 0.3) is 0 Å². The van der Waals surface area contributed by atoms with Gasteiger partial charge in [0.05, 0.1) is 0 Å². The molecule has 2 aliphatic rings. The van der Waals surface area contributed by atoms with Crippen molar-refractivity contribution in [3.05, 3.63) is 0 Å². The standard InChI is InChI=1S/C10H19N/c1-2-8-6-9(8)7-11-10-4-3-5-10/h8-11H,2-7H2,1H3/t8-,9+/m1/s1. The molecule has 0 spiro atoms. The highest BCUT2D eigenvalue weighted by Gasteiger charge is 2.35. The van der Waals surface area contributed by atoms with Crippen molar-refractivity contribution >= 4 is 0 Å². The van der Waals surface area contributed by atoms with Crippen molar-refractivity contribution in [2.45, 2.75) is 45.1 Å². The summed E-state index contributed by atoms with van der Waals surface area (Å²) in [7, 11) is 0. The third kappa shape index (κ3) is 1.76. The van der Waals surface area contributed by atoms with Gasteiger partial charge in [0.2, 0.25) is 0 Å². The molecule has 1 heteroatoms. The monoisotopic (exact) mass is 153 g/mol. The molecular weight excluding hydrogens is 134 g/mol. The van der Waals surface area contributed by atoms with E-state index in [0.717, 1.165) is 17.9 Å². The first-order valence-electron chi connectivity index (χ1n) is 5.13. The zero-order valence-electron chi connectivity index (χ0n) is 7.47. The van der Waals surface area contributed by atoms with Gasteiger partial charge in [0.25, 0.3) is 0 Å². The van der Waals surface area contributed by atoms with E-state index in [0.29, 0.717) is 0 Å². The molecule has 0 aromatic heterocycles. The van der Waals surface area contributed by atoms with Crippen molar-refractivity contribution in [3.63, 3.8) is 0 Å². The summed E-state index contributed by atoms with van der Waals surface area (Å²) in [5, 5.41) is 3.65. The number of nitrogens with one attached hydrogen (secondary N) is 1. The van der Waals surface area contributed by atoms with Crippen LogP contribution in [-0.4, -0.2) is 12.6 Å². The summed E-state index contributed by atoms with van der Waals surface area (Å²) in [4.78, 5) is 0. The van der Waals surface area contributed by atoms with Crippen LogP contribution in [0, 0.1) is 11.8 Å². The van der Waals surface area contributed by atoms with Crippen LogP contribution in [0.2, 0.25) is 0 Å². The molecule has 2 atom stereocenters. The Morgan fingerprint density at radius 2 is 2.09 bits per heavy atom. The maximum Gasteiger partial charge on any atom is 0.00672 e. The fraction of sp³-hybridized carbons (Fsp3) is 1.00. The normalized spacial score (nSPS) is 36.8. The predicted molar refractivity (Wildman–Crippen MR) is 47.5 cm³/mol. The van der Waals surface area contributed by atoms with Crippen LogP contribution in [0.4, 0.5) is 0 Å². The summed E-state index contributed by atoms with van der Waals surface area (Å²) in [6.07, 6.45) is 7.22. The van der Waals surface area contributed by atoms with E-state index in [4.69, 9.17) is 0 Å². The first-order valence-corrected chi connectivity index (χ1v) is 5.13. The lowest BCUT2D eigenvalue weighted by Crippen LogP contribution is -2.36. The molecule has 0 aromatic carbocycles. The lowest BCUT2D eigenvalue weighted by molar-refractivity contribution is 0.333. The van der Waals surface area contributed by atoms with Gasteiger partial charge >= 0.3 is 0 Å². The highest BCUT2D eigenvalue weighted by molar-refractivity contribution is 4.88. The third-order valence-electron chi connectivity index (χ3n) is 3.37. The van der Waals surface area contributed by atoms with E-state index in [-0.39, 0.29) is 0 Å². The summed E-state index contributed by atoms with van der Waals surface area (Å²) < 4.78 is 0. The number of rotatable bonds is 4. The highest BCUT2D eigenvalue weighted by atomic mass is 14.9. The average molecular weight is 153 g/mol. The van der Waals surface area contributed by atoms with Gasteiger partial charge in [-0.2, -0.15) is 0 Å². The summed E-state index contributed by atoms with van der Waals surface area (Å²) in [5.41, 5.74) is 0. The summed E-state index contributed by atoms with van der Waals surface area (Å²) in [5.74, 6) is 2.11. The second-order valence-corrected chi connectivity index (χ2v) is 4.20. The minimum Gasteiger partial charge on any atom is -0.314 e. The summed E-state index contributed by atoms with van der Waals surface area (Å²) in [6.45, 7) is 3.62. The van der Waals surface area contributed by atoms with Crippen LogP contribution in [0.5, 0.6) is 0 Å². The summed E-state index contributed by atoms with van der Waals surface area (Å²) >= 11 is 0.